The van der Waals surface area contributed by atoms with Crippen molar-refractivity contribution in [2.45, 2.75) is 17.9 Å². The van der Waals surface area contributed by atoms with E-state index in [4.69, 9.17) is 0 Å². The highest BCUT2D eigenvalue weighted by Crippen LogP contribution is 2.19. The van der Waals surface area contributed by atoms with Gasteiger partial charge in [-0.1, -0.05) is 30.3 Å². The van der Waals surface area contributed by atoms with Gasteiger partial charge in [0, 0.05) is 5.69 Å². The number of anilines is 1. The van der Waals surface area contributed by atoms with E-state index in [0.717, 1.165) is 10.8 Å². The van der Waals surface area contributed by atoms with Crippen molar-refractivity contribution in [1.82, 2.24) is 4.72 Å². The van der Waals surface area contributed by atoms with E-state index in [1.54, 1.807) is 12.1 Å². The number of fused-ring (bicyclic) bond motifs is 1. The minimum atomic E-state index is -3.87. The molecule has 3 rings (SSSR count). The first kappa shape index (κ1) is 18.0. The lowest BCUT2D eigenvalue weighted by Crippen LogP contribution is -2.41. The van der Waals surface area contributed by atoms with Crippen molar-refractivity contribution in [3.8, 4) is 0 Å². The molecule has 0 aliphatic heterocycles. The normalized spacial score (nSPS) is 12.7. The molecule has 2 N–H and O–H groups in total. The average molecular weight is 372 g/mol. The van der Waals surface area contributed by atoms with Crippen LogP contribution in [0.4, 0.5) is 10.1 Å². The molecular formula is C19H17FN2O3S. The van der Waals surface area contributed by atoms with Crippen molar-refractivity contribution < 1.29 is 17.6 Å². The second kappa shape index (κ2) is 7.23. The maximum absolute atomic E-state index is 12.9. The molecule has 0 saturated heterocycles. The second-order valence-corrected chi connectivity index (χ2v) is 7.56. The van der Waals surface area contributed by atoms with Crippen LogP contribution in [-0.2, 0) is 14.8 Å². The topological polar surface area (TPSA) is 75.3 Å². The number of halogens is 1. The van der Waals surface area contributed by atoms with Crippen LogP contribution in [0.5, 0.6) is 0 Å². The van der Waals surface area contributed by atoms with E-state index in [1.807, 2.05) is 24.3 Å². The molecule has 0 fully saturated rings. The van der Waals surface area contributed by atoms with Crippen molar-refractivity contribution in [1.29, 1.82) is 0 Å². The standard InChI is InChI=1S/C19H17FN2O3S/c1-13(19(23)21-17-9-7-16(20)8-10-17)22-26(24,25)18-11-6-14-4-2-3-5-15(14)12-18/h2-13,22H,1H3,(H,21,23)/t13-/m0/s1. The first-order valence-electron chi connectivity index (χ1n) is 7.93. The molecule has 1 atom stereocenters. The van der Waals surface area contributed by atoms with Crippen LogP contribution in [0.15, 0.2) is 71.6 Å². The van der Waals surface area contributed by atoms with E-state index in [0.29, 0.717) is 5.69 Å². The third-order valence-corrected chi connectivity index (χ3v) is 5.41. The van der Waals surface area contributed by atoms with Crippen molar-refractivity contribution in [3.63, 3.8) is 0 Å². The lowest BCUT2D eigenvalue weighted by molar-refractivity contribution is -0.117. The number of nitrogens with one attached hydrogen (secondary N) is 2. The van der Waals surface area contributed by atoms with Gasteiger partial charge in [-0.05, 0) is 54.1 Å². The molecule has 3 aromatic carbocycles. The van der Waals surface area contributed by atoms with Gasteiger partial charge in [-0.25, -0.2) is 12.8 Å². The van der Waals surface area contributed by atoms with Gasteiger partial charge in [-0.2, -0.15) is 4.72 Å². The number of hydrogen-bond acceptors (Lipinski definition) is 3. The second-order valence-electron chi connectivity index (χ2n) is 5.85. The zero-order chi connectivity index (χ0) is 18.7. The zero-order valence-electron chi connectivity index (χ0n) is 13.9. The SMILES string of the molecule is C[C@H](NS(=O)(=O)c1ccc2ccccc2c1)C(=O)Nc1ccc(F)cc1. The largest absolute Gasteiger partial charge is 0.325 e. The van der Waals surface area contributed by atoms with Gasteiger partial charge < -0.3 is 5.32 Å². The Morgan fingerprint density at radius 3 is 2.31 bits per heavy atom. The highest BCUT2D eigenvalue weighted by atomic mass is 32.2. The minimum Gasteiger partial charge on any atom is -0.325 e. The molecule has 0 radical (unpaired) electrons. The molecule has 0 bridgehead atoms. The lowest BCUT2D eigenvalue weighted by atomic mass is 10.1. The van der Waals surface area contributed by atoms with Crippen LogP contribution < -0.4 is 10.0 Å². The Hall–Kier alpha value is -2.77. The van der Waals surface area contributed by atoms with Crippen LogP contribution >= 0.6 is 0 Å². The van der Waals surface area contributed by atoms with Crippen molar-refractivity contribution in [2.75, 3.05) is 5.32 Å². The predicted octanol–water partition coefficient (Wildman–Crippen LogP) is 3.28. The van der Waals surface area contributed by atoms with Crippen molar-refractivity contribution >= 4 is 32.4 Å². The fourth-order valence-corrected chi connectivity index (χ4v) is 3.71. The summed E-state index contributed by atoms with van der Waals surface area (Å²) in [7, 11) is -3.87. The van der Waals surface area contributed by atoms with E-state index >= 15 is 0 Å². The van der Waals surface area contributed by atoms with E-state index in [2.05, 4.69) is 10.0 Å². The molecule has 0 aliphatic rings. The lowest BCUT2D eigenvalue weighted by Gasteiger charge is -2.15. The molecule has 0 spiro atoms. The van der Waals surface area contributed by atoms with Gasteiger partial charge in [-0.15, -0.1) is 0 Å². The molecule has 3 aromatic rings. The Bertz CT molecular complexity index is 1050. The predicted molar refractivity (Wildman–Crippen MR) is 98.8 cm³/mol. The van der Waals surface area contributed by atoms with Gasteiger partial charge in [-0.3, -0.25) is 4.79 Å². The summed E-state index contributed by atoms with van der Waals surface area (Å²) in [5, 5.41) is 4.26. The average Bonchev–Trinajstić information content (AvgIpc) is 2.62. The summed E-state index contributed by atoms with van der Waals surface area (Å²) >= 11 is 0. The molecule has 1 amide bonds. The number of hydrogen-bond donors (Lipinski definition) is 2. The summed E-state index contributed by atoms with van der Waals surface area (Å²) in [5.74, 6) is -0.964. The number of carbonyl (C=O) groups excluding carboxylic acids is 1. The Labute approximate surface area is 150 Å². The summed E-state index contributed by atoms with van der Waals surface area (Å²) in [6.07, 6.45) is 0. The molecule has 7 heteroatoms. The molecule has 134 valence electrons. The van der Waals surface area contributed by atoms with Crippen LogP contribution in [-0.4, -0.2) is 20.4 Å². The first-order chi connectivity index (χ1) is 12.3. The molecule has 0 aliphatic carbocycles. The first-order valence-corrected chi connectivity index (χ1v) is 9.41. The van der Waals surface area contributed by atoms with Gasteiger partial charge >= 0.3 is 0 Å². The highest BCUT2D eigenvalue weighted by Gasteiger charge is 2.22. The summed E-state index contributed by atoms with van der Waals surface area (Å²) in [6, 6.07) is 16.4. The number of amides is 1. The van der Waals surface area contributed by atoms with Crippen molar-refractivity contribution in [2.24, 2.45) is 0 Å². The molecule has 0 unspecified atom stereocenters. The van der Waals surface area contributed by atoms with Gasteiger partial charge in [0.25, 0.3) is 0 Å². The van der Waals surface area contributed by atoms with E-state index < -0.39 is 27.8 Å². The molecule has 0 aromatic heterocycles. The van der Waals surface area contributed by atoms with Crippen LogP contribution in [0.2, 0.25) is 0 Å². The third kappa shape index (κ3) is 4.07. The van der Waals surface area contributed by atoms with Crippen LogP contribution in [0.25, 0.3) is 10.8 Å². The Balaban J connectivity index is 1.74. The highest BCUT2D eigenvalue weighted by molar-refractivity contribution is 7.89. The fraction of sp³-hybridized carbons (Fsp3) is 0.105. The smallest absolute Gasteiger partial charge is 0.242 e. The molecule has 0 heterocycles. The van der Waals surface area contributed by atoms with Gasteiger partial charge in [0.05, 0.1) is 10.9 Å². The molecule has 0 saturated carbocycles. The quantitative estimate of drug-likeness (QED) is 0.722. The van der Waals surface area contributed by atoms with Gasteiger partial charge in [0.2, 0.25) is 15.9 Å². The van der Waals surface area contributed by atoms with Crippen LogP contribution in [0.1, 0.15) is 6.92 Å². The number of benzene rings is 3. The van der Waals surface area contributed by atoms with E-state index in [-0.39, 0.29) is 4.90 Å². The van der Waals surface area contributed by atoms with Gasteiger partial charge in [0.15, 0.2) is 0 Å². The summed E-state index contributed by atoms with van der Waals surface area (Å²) < 4.78 is 40.3. The summed E-state index contributed by atoms with van der Waals surface area (Å²) in [5.41, 5.74) is 0.383. The Morgan fingerprint density at radius 2 is 1.62 bits per heavy atom. The monoisotopic (exact) mass is 372 g/mol. The Morgan fingerprint density at radius 1 is 0.962 bits per heavy atom. The van der Waals surface area contributed by atoms with Crippen molar-refractivity contribution in [3.05, 3.63) is 72.5 Å². The molecule has 26 heavy (non-hydrogen) atoms. The number of carbonyl (C=O) groups is 1. The molecular weight excluding hydrogens is 355 g/mol. The minimum absolute atomic E-state index is 0.0811. The Kier molecular flexibility index (Phi) is 5.01. The fourth-order valence-electron chi connectivity index (χ4n) is 2.47. The summed E-state index contributed by atoms with van der Waals surface area (Å²) in [6.45, 7) is 1.44. The van der Waals surface area contributed by atoms with E-state index in [1.165, 1.54) is 37.3 Å². The molecule has 5 nitrogen and oxygen atoms in total. The number of rotatable bonds is 5. The maximum atomic E-state index is 12.9. The van der Waals surface area contributed by atoms with Crippen LogP contribution in [0.3, 0.4) is 0 Å². The van der Waals surface area contributed by atoms with Gasteiger partial charge in [0.1, 0.15) is 5.82 Å². The van der Waals surface area contributed by atoms with E-state index in [9.17, 15) is 17.6 Å². The third-order valence-electron chi connectivity index (χ3n) is 3.87. The summed E-state index contributed by atoms with van der Waals surface area (Å²) in [4.78, 5) is 12.3. The maximum Gasteiger partial charge on any atom is 0.242 e. The number of sulfonamides is 1. The van der Waals surface area contributed by atoms with Crippen LogP contribution in [0, 0.1) is 5.82 Å². The zero-order valence-corrected chi connectivity index (χ0v) is 14.8.